The number of rotatable bonds is 9. The van der Waals surface area contributed by atoms with Gasteiger partial charge in [-0.15, -0.1) is 0 Å². The van der Waals surface area contributed by atoms with Gasteiger partial charge in [-0.25, -0.2) is 4.39 Å². The van der Waals surface area contributed by atoms with Gasteiger partial charge >= 0.3 is 0 Å². The van der Waals surface area contributed by atoms with Gasteiger partial charge in [-0.2, -0.15) is 0 Å². The minimum atomic E-state index is -0.573. The van der Waals surface area contributed by atoms with Gasteiger partial charge in [-0.1, -0.05) is 0 Å². The third-order valence-electron chi connectivity index (χ3n) is 7.76. The average molecular weight is 604 g/mol. The van der Waals surface area contributed by atoms with Crippen LogP contribution in [0, 0.1) is 5.82 Å². The number of hydrogen-bond donors (Lipinski definition) is 1. The third-order valence-corrected chi connectivity index (χ3v) is 7.76. The predicted molar refractivity (Wildman–Crippen MR) is 163 cm³/mol. The van der Waals surface area contributed by atoms with E-state index in [1.54, 1.807) is 52.2 Å². The summed E-state index contributed by atoms with van der Waals surface area (Å²) in [7, 11) is 4.47. The van der Waals surface area contributed by atoms with Crippen molar-refractivity contribution < 1.29 is 28.2 Å². The maximum absolute atomic E-state index is 15.6. The molecule has 44 heavy (non-hydrogen) atoms. The van der Waals surface area contributed by atoms with E-state index >= 15 is 4.39 Å². The smallest absolute Gasteiger partial charge is 0.257 e. The second-order valence-electron chi connectivity index (χ2n) is 10.2. The Balaban J connectivity index is 1.35. The number of carbonyl (C=O) groups excluding carboxylic acids is 2. The molecule has 2 aromatic carbocycles. The molecule has 230 valence electrons. The first-order chi connectivity index (χ1) is 21.3. The number of anilines is 1. The van der Waals surface area contributed by atoms with Gasteiger partial charge < -0.3 is 33.9 Å². The summed E-state index contributed by atoms with van der Waals surface area (Å²) in [6, 6.07) is 9.60. The molecule has 4 aromatic rings. The Labute approximate surface area is 253 Å². The first-order valence-corrected chi connectivity index (χ1v) is 14.2. The van der Waals surface area contributed by atoms with Crippen molar-refractivity contribution in [1.82, 2.24) is 19.8 Å². The summed E-state index contributed by atoms with van der Waals surface area (Å²) in [5.74, 6) is -0.167. The predicted octanol–water partition coefficient (Wildman–Crippen LogP) is 3.47. The van der Waals surface area contributed by atoms with Crippen LogP contribution in [-0.2, 0) is 13.1 Å². The largest absolute Gasteiger partial charge is 0.493 e. The van der Waals surface area contributed by atoms with Crippen molar-refractivity contribution in [2.45, 2.75) is 20.0 Å². The standard InChI is InChI=1S/C32H34FN5O6/c1-5-36-19-23(31(40)35-18-20-6-8-34-9-7-20)29(39)22-16-24(33)26(17-25(22)36)37-10-12-38(13-11-37)32(41)21-14-27(42-2)30(44-4)28(15-21)43-3/h6-9,14-17,19H,5,10-13,18H2,1-4H3,(H,35,40). The van der Waals surface area contributed by atoms with Crippen molar-refractivity contribution in [1.29, 1.82) is 0 Å². The lowest BCUT2D eigenvalue weighted by atomic mass is 10.1. The molecule has 0 atom stereocenters. The zero-order chi connectivity index (χ0) is 31.4. The van der Waals surface area contributed by atoms with E-state index in [0.717, 1.165) is 5.56 Å². The molecule has 11 nitrogen and oxygen atoms in total. The van der Waals surface area contributed by atoms with Gasteiger partial charge in [0.15, 0.2) is 11.5 Å². The summed E-state index contributed by atoms with van der Waals surface area (Å²) >= 11 is 0. The van der Waals surface area contributed by atoms with Gasteiger partial charge in [0.25, 0.3) is 11.8 Å². The molecular weight excluding hydrogens is 569 g/mol. The molecule has 1 saturated heterocycles. The van der Waals surface area contributed by atoms with E-state index in [9.17, 15) is 14.4 Å². The summed E-state index contributed by atoms with van der Waals surface area (Å²) < 4.78 is 33.5. The number of fused-ring (bicyclic) bond motifs is 1. The number of aromatic nitrogens is 2. The number of amides is 2. The fourth-order valence-electron chi connectivity index (χ4n) is 5.38. The molecule has 3 heterocycles. The number of ether oxygens (including phenoxy) is 3. The van der Waals surface area contributed by atoms with Gasteiger partial charge in [0.05, 0.1) is 32.5 Å². The van der Waals surface area contributed by atoms with Crippen molar-refractivity contribution in [3.8, 4) is 17.2 Å². The maximum Gasteiger partial charge on any atom is 0.257 e. The fraction of sp³-hybridized carbons (Fsp3) is 0.312. The third kappa shape index (κ3) is 5.87. The van der Waals surface area contributed by atoms with E-state index in [0.29, 0.717) is 66.7 Å². The topological polar surface area (TPSA) is 115 Å². The number of hydrogen-bond acceptors (Lipinski definition) is 8. The Morgan fingerprint density at radius 1 is 0.955 bits per heavy atom. The van der Waals surface area contributed by atoms with E-state index in [1.165, 1.54) is 33.6 Å². The molecule has 5 rings (SSSR count). The highest BCUT2D eigenvalue weighted by atomic mass is 19.1. The number of carbonyl (C=O) groups is 2. The first-order valence-electron chi connectivity index (χ1n) is 14.2. The molecule has 0 unspecified atom stereocenters. The number of pyridine rings is 2. The highest BCUT2D eigenvalue weighted by Gasteiger charge is 2.27. The molecule has 2 amide bonds. The number of nitrogens with zero attached hydrogens (tertiary/aromatic N) is 4. The maximum atomic E-state index is 15.6. The molecule has 1 aliphatic heterocycles. The molecule has 0 radical (unpaired) electrons. The van der Waals surface area contributed by atoms with Gasteiger partial charge in [-0.3, -0.25) is 19.4 Å². The number of piperazine rings is 1. The van der Waals surface area contributed by atoms with Crippen molar-refractivity contribution in [2.24, 2.45) is 0 Å². The van der Waals surface area contributed by atoms with Crippen molar-refractivity contribution in [2.75, 3.05) is 52.4 Å². The van der Waals surface area contributed by atoms with Gasteiger partial charge in [0.1, 0.15) is 11.4 Å². The lowest BCUT2D eigenvalue weighted by Crippen LogP contribution is -2.49. The molecule has 2 aromatic heterocycles. The van der Waals surface area contributed by atoms with Crippen LogP contribution in [0.15, 0.2) is 59.8 Å². The number of aryl methyl sites for hydroxylation is 1. The van der Waals surface area contributed by atoms with Crippen molar-refractivity contribution in [3.05, 3.63) is 87.7 Å². The monoisotopic (exact) mass is 603 g/mol. The quantitative estimate of drug-likeness (QED) is 0.309. The molecule has 1 fully saturated rings. The second-order valence-corrected chi connectivity index (χ2v) is 10.2. The minimum absolute atomic E-state index is 0.0560. The molecule has 0 bridgehead atoms. The van der Waals surface area contributed by atoms with Crippen molar-refractivity contribution in [3.63, 3.8) is 0 Å². The van der Waals surface area contributed by atoms with Crippen LogP contribution in [0.5, 0.6) is 17.2 Å². The van der Waals surface area contributed by atoms with E-state index < -0.39 is 17.2 Å². The van der Waals surface area contributed by atoms with E-state index in [4.69, 9.17) is 14.2 Å². The Kier molecular flexibility index (Phi) is 8.98. The van der Waals surface area contributed by atoms with Gasteiger partial charge in [0.2, 0.25) is 11.2 Å². The lowest BCUT2D eigenvalue weighted by Gasteiger charge is -2.36. The van der Waals surface area contributed by atoms with Gasteiger partial charge in [0, 0.05) is 68.8 Å². The Morgan fingerprint density at radius 3 is 2.20 bits per heavy atom. The first kappa shape index (κ1) is 30.3. The zero-order valence-corrected chi connectivity index (χ0v) is 25.1. The van der Waals surface area contributed by atoms with Crippen LogP contribution in [0.3, 0.4) is 0 Å². The minimum Gasteiger partial charge on any atom is -0.493 e. The van der Waals surface area contributed by atoms with Crippen molar-refractivity contribution >= 4 is 28.4 Å². The molecule has 1 N–H and O–H groups in total. The molecule has 0 saturated carbocycles. The Morgan fingerprint density at radius 2 is 1.61 bits per heavy atom. The number of benzene rings is 2. The van der Waals surface area contributed by atoms with E-state index in [-0.39, 0.29) is 23.4 Å². The SMILES string of the molecule is CCn1cc(C(=O)NCc2ccncc2)c(=O)c2cc(F)c(N3CCN(C(=O)c4cc(OC)c(OC)c(OC)c4)CC3)cc21. The van der Waals surface area contributed by atoms with Crippen LogP contribution < -0.4 is 29.9 Å². The summed E-state index contributed by atoms with van der Waals surface area (Å²) in [5, 5.41) is 2.88. The van der Waals surface area contributed by atoms with Crippen LogP contribution in [-0.4, -0.2) is 73.8 Å². The van der Waals surface area contributed by atoms with Crippen LogP contribution in [0.4, 0.5) is 10.1 Å². The molecule has 12 heteroatoms. The highest BCUT2D eigenvalue weighted by molar-refractivity contribution is 5.98. The summed E-state index contributed by atoms with van der Waals surface area (Å²) in [4.78, 5) is 47.2. The van der Waals surface area contributed by atoms with Crippen LogP contribution >= 0.6 is 0 Å². The van der Waals surface area contributed by atoms with Crippen LogP contribution in [0.25, 0.3) is 10.9 Å². The summed E-state index contributed by atoms with van der Waals surface area (Å²) in [6.07, 6.45) is 4.76. The van der Waals surface area contributed by atoms with E-state index in [1.807, 2.05) is 11.8 Å². The summed E-state index contributed by atoms with van der Waals surface area (Å²) in [6.45, 7) is 4.04. The summed E-state index contributed by atoms with van der Waals surface area (Å²) in [5.41, 5.74) is 1.48. The number of halogens is 1. The number of nitrogens with one attached hydrogen (secondary N) is 1. The molecule has 0 spiro atoms. The van der Waals surface area contributed by atoms with E-state index in [2.05, 4.69) is 10.3 Å². The Hall–Kier alpha value is -5.13. The average Bonchev–Trinajstić information content (AvgIpc) is 3.06. The lowest BCUT2D eigenvalue weighted by molar-refractivity contribution is 0.0745. The molecular formula is C32H34FN5O6. The Bertz CT molecular complexity index is 1730. The van der Waals surface area contributed by atoms with Crippen LogP contribution in [0.2, 0.25) is 0 Å². The van der Waals surface area contributed by atoms with Crippen LogP contribution in [0.1, 0.15) is 33.2 Å². The second kappa shape index (κ2) is 13.0. The zero-order valence-electron chi connectivity index (χ0n) is 25.1. The molecule has 1 aliphatic rings. The van der Waals surface area contributed by atoms with Gasteiger partial charge in [-0.05, 0) is 48.9 Å². The fourth-order valence-corrected chi connectivity index (χ4v) is 5.38. The highest BCUT2D eigenvalue weighted by Crippen LogP contribution is 2.38. The normalized spacial score (nSPS) is 13.1. The number of methoxy groups -OCH3 is 3. The molecule has 0 aliphatic carbocycles.